The molecule has 16 heavy (non-hydrogen) atoms. The molecule has 0 atom stereocenters. The molecule has 1 aromatic heterocycles. The van der Waals surface area contributed by atoms with Crippen LogP contribution in [0, 0.1) is 0 Å². The third-order valence-electron chi connectivity index (χ3n) is 2.88. The first-order valence-corrected chi connectivity index (χ1v) is 6.90. The maximum Gasteiger partial charge on any atom is 0.123 e. The van der Waals surface area contributed by atoms with Gasteiger partial charge in [-0.2, -0.15) is 0 Å². The van der Waals surface area contributed by atoms with E-state index in [4.69, 9.17) is 5.73 Å². The van der Waals surface area contributed by atoms with Gasteiger partial charge in [-0.3, -0.25) is 0 Å². The van der Waals surface area contributed by atoms with Gasteiger partial charge < -0.3 is 10.6 Å². The molecule has 0 aliphatic carbocycles. The molecule has 1 fully saturated rings. The molecular formula is C12H19N3S. The Labute approximate surface area is 101 Å². The highest BCUT2D eigenvalue weighted by molar-refractivity contribution is 7.99. The smallest absolute Gasteiger partial charge is 0.123 e. The fraction of sp³-hybridized carbons (Fsp3) is 0.583. The van der Waals surface area contributed by atoms with Crippen LogP contribution >= 0.6 is 11.8 Å². The molecule has 0 amide bonds. The quantitative estimate of drug-likeness (QED) is 0.816. The van der Waals surface area contributed by atoms with E-state index in [0.717, 1.165) is 5.75 Å². The van der Waals surface area contributed by atoms with Crippen molar-refractivity contribution in [1.29, 1.82) is 0 Å². The van der Waals surface area contributed by atoms with Gasteiger partial charge in [-0.15, -0.1) is 11.8 Å². The molecule has 0 bridgehead atoms. The van der Waals surface area contributed by atoms with Crippen LogP contribution in [0.1, 0.15) is 19.3 Å². The molecule has 0 spiro atoms. The van der Waals surface area contributed by atoms with Gasteiger partial charge >= 0.3 is 0 Å². The van der Waals surface area contributed by atoms with Gasteiger partial charge in [0.05, 0.1) is 0 Å². The average Bonchev–Trinajstić information content (AvgIpc) is 2.33. The summed E-state index contributed by atoms with van der Waals surface area (Å²) in [5.41, 5.74) is 5.54. The van der Waals surface area contributed by atoms with Gasteiger partial charge in [0.2, 0.25) is 0 Å². The van der Waals surface area contributed by atoms with Crippen LogP contribution in [0.4, 0.5) is 5.82 Å². The number of nitrogens with zero attached hydrogens (tertiary/aromatic N) is 2. The molecule has 2 N–H and O–H groups in total. The molecule has 3 nitrogen and oxygen atoms in total. The largest absolute Gasteiger partial charge is 0.384 e. The van der Waals surface area contributed by atoms with Crippen molar-refractivity contribution in [1.82, 2.24) is 9.88 Å². The Morgan fingerprint density at radius 1 is 1.25 bits per heavy atom. The third-order valence-corrected chi connectivity index (χ3v) is 3.85. The Morgan fingerprint density at radius 3 is 2.75 bits per heavy atom. The number of thioether (sulfide) groups is 1. The lowest BCUT2D eigenvalue weighted by Gasteiger charge is -2.25. The normalized spacial score (nSPS) is 17.5. The molecule has 0 aromatic carbocycles. The minimum Gasteiger partial charge on any atom is -0.384 e. The molecule has 4 heteroatoms. The zero-order chi connectivity index (χ0) is 11.2. The summed E-state index contributed by atoms with van der Waals surface area (Å²) in [5, 5.41) is 0. The molecular weight excluding hydrogens is 218 g/mol. The molecule has 2 heterocycles. The highest BCUT2D eigenvalue weighted by Gasteiger charge is 2.09. The van der Waals surface area contributed by atoms with Gasteiger partial charge in [0.25, 0.3) is 0 Å². The van der Waals surface area contributed by atoms with Crippen molar-refractivity contribution in [3.05, 3.63) is 18.3 Å². The third kappa shape index (κ3) is 3.68. The van der Waals surface area contributed by atoms with Crippen LogP contribution in [0.5, 0.6) is 0 Å². The fourth-order valence-corrected chi connectivity index (χ4v) is 2.83. The molecule has 1 aromatic rings. The van der Waals surface area contributed by atoms with E-state index < -0.39 is 0 Å². The minimum atomic E-state index is 0.598. The molecule has 2 rings (SSSR count). The second kappa shape index (κ2) is 6.11. The van der Waals surface area contributed by atoms with Gasteiger partial charge in [-0.1, -0.05) is 6.42 Å². The predicted octanol–water partition coefficient (Wildman–Crippen LogP) is 2.24. The van der Waals surface area contributed by atoms with Gasteiger partial charge in [0.15, 0.2) is 0 Å². The monoisotopic (exact) mass is 237 g/mol. The maximum atomic E-state index is 5.54. The minimum absolute atomic E-state index is 0.598. The topological polar surface area (TPSA) is 42.1 Å². The number of likely N-dealkylation sites (tertiary alicyclic amines) is 1. The van der Waals surface area contributed by atoms with Crippen molar-refractivity contribution < 1.29 is 0 Å². The number of pyridine rings is 1. The van der Waals surface area contributed by atoms with Crippen LogP contribution in [-0.2, 0) is 0 Å². The summed E-state index contributed by atoms with van der Waals surface area (Å²) < 4.78 is 0. The Kier molecular flexibility index (Phi) is 4.48. The van der Waals surface area contributed by atoms with Crippen LogP contribution in [0.2, 0.25) is 0 Å². The second-order valence-electron chi connectivity index (χ2n) is 4.17. The molecule has 1 aliphatic rings. The lowest BCUT2D eigenvalue weighted by Crippen LogP contribution is -2.31. The number of anilines is 1. The van der Waals surface area contributed by atoms with Crippen LogP contribution < -0.4 is 5.73 Å². The first kappa shape index (κ1) is 11.7. The van der Waals surface area contributed by atoms with Crippen LogP contribution in [0.15, 0.2) is 23.2 Å². The van der Waals surface area contributed by atoms with Crippen molar-refractivity contribution in [2.45, 2.75) is 24.2 Å². The van der Waals surface area contributed by atoms with Crippen molar-refractivity contribution >= 4 is 17.6 Å². The number of hydrogen-bond donors (Lipinski definition) is 1. The number of nitrogen functional groups attached to an aromatic ring is 1. The molecule has 88 valence electrons. The van der Waals surface area contributed by atoms with E-state index in [1.165, 1.54) is 43.8 Å². The second-order valence-corrected chi connectivity index (χ2v) is 5.34. The van der Waals surface area contributed by atoms with Crippen LogP contribution in [0.3, 0.4) is 0 Å². The van der Waals surface area contributed by atoms with Crippen molar-refractivity contribution in [3.8, 4) is 0 Å². The number of nitrogens with two attached hydrogens (primary N) is 1. The van der Waals surface area contributed by atoms with Gasteiger partial charge in [0.1, 0.15) is 5.82 Å². The Bertz CT molecular complexity index is 307. The van der Waals surface area contributed by atoms with Gasteiger partial charge in [-0.25, -0.2) is 4.98 Å². The summed E-state index contributed by atoms with van der Waals surface area (Å²) in [6.45, 7) is 3.75. The van der Waals surface area contributed by atoms with Crippen molar-refractivity contribution in [2.24, 2.45) is 0 Å². The highest BCUT2D eigenvalue weighted by Crippen LogP contribution is 2.18. The summed E-state index contributed by atoms with van der Waals surface area (Å²) in [6.07, 6.45) is 6.00. The van der Waals surface area contributed by atoms with Crippen molar-refractivity contribution in [2.75, 3.05) is 31.1 Å². The first-order valence-electron chi connectivity index (χ1n) is 5.91. The molecule has 1 saturated heterocycles. The Balaban J connectivity index is 1.69. The van der Waals surface area contributed by atoms with E-state index >= 15 is 0 Å². The summed E-state index contributed by atoms with van der Waals surface area (Å²) in [4.78, 5) is 7.86. The Hall–Kier alpha value is -0.740. The fourth-order valence-electron chi connectivity index (χ4n) is 1.95. The first-order chi connectivity index (χ1) is 7.84. The van der Waals surface area contributed by atoms with E-state index in [1.54, 1.807) is 0 Å². The van der Waals surface area contributed by atoms with Crippen LogP contribution in [-0.4, -0.2) is 35.3 Å². The maximum absolute atomic E-state index is 5.54. The van der Waals surface area contributed by atoms with E-state index in [0.29, 0.717) is 5.82 Å². The van der Waals surface area contributed by atoms with E-state index in [1.807, 2.05) is 30.1 Å². The summed E-state index contributed by atoms with van der Waals surface area (Å²) in [7, 11) is 0. The SMILES string of the molecule is Nc1ccc(SCCN2CCCCC2)cn1. The van der Waals surface area contributed by atoms with E-state index in [-0.39, 0.29) is 0 Å². The molecule has 1 aliphatic heterocycles. The van der Waals surface area contributed by atoms with E-state index in [9.17, 15) is 0 Å². The lowest BCUT2D eigenvalue weighted by molar-refractivity contribution is 0.242. The zero-order valence-corrected chi connectivity index (χ0v) is 10.4. The van der Waals surface area contributed by atoms with Crippen molar-refractivity contribution in [3.63, 3.8) is 0 Å². The van der Waals surface area contributed by atoms with Gasteiger partial charge in [-0.05, 0) is 38.1 Å². The zero-order valence-electron chi connectivity index (χ0n) is 9.56. The summed E-state index contributed by atoms with van der Waals surface area (Å²) in [5.74, 6) is 1.74. The number of aromatic nitrogens is 1. The number of hydrogen-bond acceptors (Lipinski definition) is 4. The molecule has 0 saturated carbocycles. The van der Waals surface area contributed by atoms with E-state index in [2.05, 4.69) is 9.88 Å². The summed E-state index contributed by atoms with van der Waals surface area (Å²) >= 11 is 1.86. The number of rotatable bonds is 4. The number of piperidine rings is 1. The lowest BCUT2D eigenvalue weighted by atomic mass is 10.1. The highest BCUT2D eigenvalue weighted by atomic mass is 32.2. The van der Waals surface area contributed by atoms with Crippen LogP contribution in [0.25, 0.3) is 0 Å². The predicted molar refractivity (Wildman–Crippen MR) is 69.7 cm³/mol. The standard InChI is InChI=1S/C12H19N3S/c13-12-5-4-11(10-14-12)16-9-8-15-6-2-1-3-7-15/h4-5,10H,1-3,6-9H2,(H2,13,14). The summed E-state index contributed by atoms with van der Waals surface area (Å²) in [6, 6.07) is 3.91. The molecule has 0 radical (unpaired) electrons. The van der Waals surface area contributed by atoms with Gasteiger partial charge in [0, 0.05) is 23.4 Å². The Morgan fingerprint density at radius 2 is 2.06 bits per heavy atom. The molecule has 0 unspecified atom stereocenters. The average molecular weight is 237 g/mol.